The van der Waals surface area contributed by atoms with E-state index in [0.29, 0.717) is 12.8 Å². The first-order valence-corrected chi connectivity index (χ1v) is 3.50. The maximum atomic E-state index is 10.4. The highest BCUT2D eigenvalue weighted by Gasteiger charge is 2.16. The van der Waals surface area contributed by atoms with Gasteiger partial charge in [-0.1, -0.05) is 13.8 Å². The van der Waals surface area contributed by atoms with Crippen LogP contribution in [0, 0.1) is 5.92 Å². The lowest BCUT2D eigenvalue weighted by Gasteiger charge is -2.12. The fraction of sp³-hybridized carbons (Fsp3) is 0.714. The number of aliphatic carboxylic acids is 1. The van der Waals surface area contributed by atoms with Crippen molar-refractivity contribution in [3.8, 4) is 0 Å². The Kier molecular flexibility index (Phi) is 4.26. The van der Waals surface area contributed by atoms with E-state index in [1.807, 2.05) is 13.8 Å². The molecule has 0 aromatic rings. The van der Waals surface area contributed by atoms with Crippen molar-refractivity contribution in [2.45, 2.75) is 26.3 Å². The van der Waals surface area contributed by atoms with E-state index in [9.17, 15) is 9.59 Å². The second-order valence-corrected chi connectivity index (χ2v) is 2.80. The van der Waals surface area contributed by atoms with Crippen LogP contribution < -0.4 is 5.32 Å². The third-order valence-corrected chi connectivity index (χ3v) is 1.27. The van der Waals surface area contributed by atoms with E-state index < -0.39 is 12.0 Å². The molecule has 0 spiro atoms. The third-order valence-electron chi connectivity index (χ3n) is 1.27. The molecule has 64 valence electrons. The number of nitrogens with one attached hydrogen (secondary N) is 1. The highest BCUT2D eigenvalue weighted by molar-refractivity contribution is 5.76. The van der Waals surface area contributed by atoms with E-state index in [4.69, 9.17) is 5.11 Å². The largest absolute Gasteiger partial charge is 0.480 e. The zero-order valence-corrected chi connectivity index (χ0v) is 6.70. The van der Waals surface area contributed by atoms with Crippen LogP contribution >= 0.6 is 0 Å². The van der Waals surface area contributed by atoms with Gasteiger partial charge in [0.25, 0.3) is 0 Å². The summed E-state index contributed by atoms with van der Waals surface area (Å²) in [6.45, 7) is 3.81. The summed E-state index contributed by atoms with van der Waals surface area (Å²) in [5.74, 6) is -0.714. The van der Waals surface area contributed by atoms with Gasteiger partial charge in [-0.3, -0.25) is 4.79 Å². The van der Waals surface area contributed by atoms with Gasteiger partial charge in [0.2, 0.25) is 6.41 Å². The lowest BCUT2D eigenvalue weighted by molar-refractivity contribution is -0.141. The normalized spacial score (nSPS) is 12.6. The highest BCUT2D eigenvalue weighted by atomic mass is 16.4. The number of carbonyl (C=O) groups excluding carboxylic acids is 1. The molecular formula is C7H13NO3. The number of carboxylic acid groups (broad SMARTS) is 1. The molecule has 0 aromatic heterocycles. The minimum atomic E-state index is -0.981. The van der Waals surface area contributed by atoms with Gasteiger partial charge in [0.15, 0.2) is 0 Å². The first kappa shape index (κ1) is 9.94. The molecule has 0 aliphatic carbocycles. The third kappa shape index (κ3) is 4.36. The van der Waals surface area contributed by atoms with Gasteiger partial charge in [-0.05, 0) is 12.3 Å². The monoisotopic (exact) mass is 159 g/mol. The zero-order valence-electron chi connectivity index (χ0n) is 6.70. The quantitative estimate of drug-likeness (QED) is 0.564. The molecule has 0 aliphatic rings. The summed E-state index contributed by atoms with van der Waals surface area (Å²) in [5.41, 5.74) is 0. The Balaban J connectivity index is 3.88. The van der Waals surface area contributed by atoms with Gasteiger partial charge in [-0.15, -0.1) is 0 Å². The summed E-state index contributed by atoms with van der Waals surface area (Å²) in [5, 5.41) is 10.8. The van der Waals surface area contributed by atoms with Crippen LogP contribution in [0.1, 0.15) is 20.3 Å². The summed E-state index contributed by atoms with van der Waals surface area (Å²) in [6.07, 6.45) is 0.884. The van der Waals surface area contributed by atoms with Gasteiger partial charge < -0.3 is 10.4 Å². The van der Waals surface area contributed by atoms with Gasteiger partial charge in [-0.2, -0.15) is 0 Å². The van der Waals surface area contributed by atoms with E-state index >= 15 is 0 Å². The molecule has 2 N–H and O–H groups in total. The van der Waals surface area contributed by atoms with Gasteiger partial charge in [0.05, 0.1) is 0 Å². The Hall–Kier alpha value is -1.06. The Morgan fingerprint density at radius 2 is 2.18 bits per heavy atom. The molecular weight excluding hydrogens is 146 g/mol. The van der Waals surface area contributed by atoms with Crippen LogP contribution in [0.5, 0.6) is 0 Å². The minimum Gasteiger partial charge on any atom is -0.480 e. The predicted molar refractivity (Wildman–Crippen MR) is 40.1 cm³/mol. The molecule has 0 fully saturated rings. The Labute approximate surface area is 65.6 Å². The van der Waals surface area contributed by atoms with Crippen molar-refractivity contribution < 1.29 is 14.7 Å². The number of amides is 1. The maximum absolute atomic E-state index is 10.4. The molecule has 0 unspecified atom stereocenters. The van der Waals surface area contributed by atoms with Gasteiger partial charge in [0, 0.05) is 0 Å². The zero-order chi connectivity index (χ0) is 8.85. The minimum absolute atomic E-state index is 0.267. The SMILES string of the molecule is CC(C)C[C@@H](NC=O)C(=O)O. The molecule has 1 amide bonds. The Bertz CT molecular complexity index is 145. The van der Waals surface area contributed by atoms with Gasteiger partial charge >= 0.3 is 5.97 Å². The number of hydrogen-bond donors (Lipinski definition) is 2. The van der Waals surface area contributed by atoms with Gasteiger partial charge in [-0.25, -0.2) is 4.79 Å². The summed E-state index contributed by atoms with van der Waals surface area (Å²) in [4.78, 5) is 20.3. The summed E-state index contributed by atoms with van der Waals surface area (Å²) >= 11 is 0. The summed E-state index contributed by atoms with van der Waals surface area (Å²) in [6, 6.07) is -0.743. The van der Waals surface area contributed by atoms with E-state index in [0.717, 1.165) is 0 Å². The average Bonchev–Trinajstić information content (AvgIpc) is 1.86. The lowest BCUT2D eigenvalue weighted by Crippen LogP contribution is -2.36. The Morgan fingerprint density at radius 1 is 1.64 bits per heavy atom. The predicted octanol–water partition coefficient (Wildman–Crippen LogP) is 0.232. The molecule has 0 radical (unpaired) electrons. The van der Waals surface area contributed by atoms with E-state index in [1.54, 1.807) is 0 Å². The van der Waals surface area contributed by atoms with Crippen LogP contribution in [-0.2, 0) is 9.59 Å². The first-order valence-electron chi connectivity index (χ1n) is 3.50. The number of rotatable bonds is 5. The van der Waals surface area contributed by atoms with Crippen molar-refractivity contribution in [2.75, 3.05) is 0 Å². The number of hydrogen-bond acceptors (Lipinski definition) is 2. The van der Waals surface area contributed by atoms with Crippen LogP contribution in [0.4, 0.5) is 0 Å². The van der Waals surface area contributed by atoms with Crippen molar-refractivity contribution in [3.05, 3.63) is 0 Å². The van der Waals surface area contributed by atoms with Crippen LogP contribution in [0.2, 0.25) is 0 Å². The number of carboxylic acids is 1. The second kappa shape index (κ2) is 4.71. The van der Waals surface area contributed by atoms with Gasteiger partial charge in [0.1, 0.15) is 6.04 Å². The summed E-state index contributed by atoms with van der Waals surface area (Å²) < 4.78 is 0. The van der Waals surface area contributed by atoms with E-state index in [1.165, 1.54) is 0 Å². The van der Waals surface area contributed by atoms with E-state index in [2.05, 4.69) is 5.32 Å². The average molecular weight is 159 g/mol. The molecule has 11 heavy (non-hydrogen) atoms. The van der Waals surface area contributed by atoms with Crippen molar-refractivity contribution in [3.63, 3.8) is 0 Å². The molecule has 0 bridgehead atoms. The fourth-order valence-electron chi connectivity index (χ4n) is 0.794. The molecule has 0 saturated carbocycles. The molecule has 0 rings (SSSR count). The van der Waals surface area contributed by atoms with Crippen molar-refractivity contribution in [1.29, 1.82) is 0 Å². The fourth-order valence-corrected chi connectivity index (χ4v) is 0.794. The molecule has 0 aromatic carbocycles. The molecule has 0 aliphatic heterocycles. The van der Waals surface area contributed by atoms with Crippen LogP contribution in [0.15, 0.2) is 0 Å². The van der Waals surface area contributed by atoms with Crippen molar-refractivity contribution >= 4 is 12.4 Å². The topological polar surface area (TPSA) is 66.4 Å². The first-order chi connectivity index (χ1) is 5.07. The van der Waals surface area contributed by atoms with Crippen LogP contribution in [0.3, 0.4) is 0 Å². The molecule has 1 atom stereocenters. The standard InChI is InChI=1S/C7H13NO3/c1-5(2)3-6(7(10)11)8-4-9/h4-6H,3H2,1-2H3,(H,8,9)(H,10,11)/t6-/m1/s1. The van der Waals surface area contributed by atoms with Crippen molar-refractivity contribution in [2.24, 2.45) is 5.92 Å². The second-order valence-electron chi connectivity index (χ2n) is 2.80. The highest BCUT2D eigenvalue weighted by Crippen LogP contribution is 2.03. The molecule has 0 saturated heterocycles. The van der Waals surface area contributed by atoms with Crippen LogP contribution in [0.25, 0.3) is 0 Å². The Morgan fingerprint density at radius 3 is 2.45 bits per heavy atom. The summed E-state index contributed by atoms with van der Waals surface area (Å²) in [7, 11) is 0. The molecule has 4 nitrogen and oxygen atoms in total. The smallest absolute Gasteiger partial charge is 0.326 e. The molecule has 4 heteroatoms. The van der Waals surface area contributed by atoms with Crippen LogP contribution in [-0.4, -0.2) is 23.5 Å². The lowest BCUT2D eigenvalue weighted by atomic mass is 10.0. The number of carbonyl (C=O) groups is 2. The maximum Gasteiger partial charge on any atom is 0.326 e. The van der Waals surface area contributed by atoms with E-state index in [-0.39, 0.29) is 5.92 Å². The molecule has 0 heterocycles. The van der Waals surface area contributed by atoms with Crippen molar-refractivity contribution in [1.82, 2.24) is 5.32 Å².